The van der Waals surface area contributed by atoms with Gasteiger partial charge in [-0.15, -0.1) is 6.42 Å². The summed E-state index contributed by atoms with van der Waals surface area (Å²) < 4.78 is 5.44. The van der Waals surface area contributed by atoms with E-state index in [0.29, 0.717) is 11.7 Å². The maximum absolute atomic E-state index is 8.52. The normalized spacial score (nSPS) is 22.1. The Balaban J connectivity index is 2.31. The van der Waals surface area contributed by atoms with Crippen LogP contribution in [0.1, 0.15) is 19.3 Å². The first-order valence-electron chi connectivity index (χ1n) is 4.72. The van der Waals surface area contributed by atoms with Crippen molar-refractivity contribution in [1.82, 2.24) is 0 Å². The molecule has 1 heterocycles. The predicted molar refractivity (Wildman–Crippen MR) is 55.3 cm³/mol. The van der Waals surface area contributed by atoms with Gasteiger partial charge >= 0.3 is 0 Å². The van der Waals surface area contributed by atoms with Crippen molar-refractivity contribution in [1.29, 1.82) is 5.26 Å². The first kappa shape index (κ1) is 10.6. The molecule has 0 aromatic carbocycles. The zero-order valence-corrected chi connectivity index (χ0v) is 8.07. The number of hydrogen-bond donors (Lipinski definition) is 0. The fourth-order valence-electron chi connectivity index (χ4n) is 1.34. The zero-order valence-electron chi connectivity index (χ0n) is 8.07. The van der Waals surface area contributed by atoms with Gasteiger partial charge in [-0.25, -0.2) is 0 Å². The summed E-state index contributed by atoms with van der Waals surface area (Å²) in [4.78, 5) is 0. The van der Waals surface area contributed by atoms with Crippen LogP contribution in [0.25, 0.3) is 0 Å². The third kappa shape index (κ3) is 3.47. The minimum absolute atomic E-state index is 0.355. The van der Waals surface area contributed by atoms with Gasteiger partial charge in [-0.05, 0) is 25.3 Å². The molecule has 0 bridgehead atoms. The van der Waals surface area contributed by atoms with Crippen LogP contribution in [0.2, 0.25) is 0 Å². The van der Waals surface area contributed by atoms with Crippen LogP contribution in [-0.2, 0) is 4.74 Å². The average Bonchev–Trinajstić information content (AvgIpc) is 2.71. The molecule has 1 unspecified atom stereocenters. The fraction of sp³-hybridized carbons (Fsp3) is 0.417. The second-order valence-electron chi connectivity index (χ2n) is 3.14. The SMILES string of the molecule is C#C/C(C#N)=C\C=C/CC1CCCO1. The van der Waals surface area contributed by atoms with E-state index in [4.69, 9.17) is 16.4 Å². The quantitative estimate of drug-likeness (QED) is 0.385. The molecule has 0 amide bonds. The topological polar surface area (TPSA) is 33.0 Å². The Morgan fingerprint density at radius 1 is 1.64 bits per heavy atom. The summed E-state index contributed by atoms with van der Waals surface area (Å²) in [5, 5.41) is 8.52. The van der Waals surface area contributed by atoms with Gasteiger partial charge in [0.05, 0.1) is 6.10 Å². The standard InChI is InChI=1S/C12H13NO/c1-2-11(10-13)6-3-4-7-12-8-5-9-14-12/h1,3-4,6,12H,5,7-9H2/b4-3-,11-6+. The molecule has 0 aromatic heterocycles. The summed E-state index contributed by atoms with van der Waals surface area (Å²) in [5.74, 6) is 2.30. The van der Waals surface area contributed by atoms with E-state index in [1.807, 2.05) is 18.2 Å². The third-order valence-corrected chi connectivity index (χ3v) is 2.10. The first-order chi connectivity index (χ1) is 6.86. The van der Waals surface area contributed by atoms with Crippen molar-refractivity contribution in [3.05, 3.63) is 23.8 Å². The van der Waals surface area contributed by atoms with Crippen LogP contribution >= 0.6 is 0 Å². The Hall–Kier alpha value is -1.51. The van der Waals surface area contributed by atoms with Crippen LogP contribution in [-0.4, -0.2) is 12.7 Å². The van der Waals surface area contributed by atoms with Crippen LogP contribution in [0.15, 0.2) is 23.8 Å². The molecule has 2 nitrogen and oxygen atoms in total. The third-order valence-electron chi connectivity index (χ3n) is 2.10. The van der Waals surface area contributed by atoms with Crippen molar-refractivity contribution in [2.24, 2.45) is 0 Å². The van der Waals surface area contributed by atoms with Gasteiger partial charge in [-0.2, -0.15) is 5.26 Å². The summed E-state index contributed by atoms with van der Waals surface area (Å²) in [7, 11) is 0. The molecule has 1 rings (SSSR count). The minimum atomic E-state index is 0.355. The van der Waals surface area contributed by atoms with Crippen LogP contribution in [0.3, 0.4) is 0 Å². The molecule has 0 aliphatic carbocycles. The highest BCUT2D eigenvalue weighted by atomic mass is 16.5. The zero-order chi connectivity index (χ0) is 10.2. The molecule has 0 radical (unpaired) electrons. The summed E-state index contributed by atoms with van der Waals surface area (Å²) in [6.45, 7) is 0.877. The average molecular weight is 187 g/mol. The maximum atomic E-state index is 8.52. The van der Waals surface area contributed by atoms with Gasteiger partial charge in [0.1, 0.15) is 11.6 Å². The molecule has 0 aromatic rings. The molecular weight excluding hydrogens is 174 g/mol. The number of hydrogen-bond acceptors (Lipinski definition) is 2. The molecule has 72 valence electrons. The van der Waals surface area contributed by atoms with Crippen LogP contribution in [0.4, 0.5) is 0 Å². The molecule has 2 heteroatoms. The van der Waals surface area contributed by atoms with Crippen molar-refractivity contribution in [3.8, 4) is 18.4 Å². The van der Waals surface area contributed by atoms with E-state index in [1.54, 1.807) is 6.08 Å². The second kappa shape index (κ2) is 6.02. The Morgan fingerprint density at radius 3 is 3.07 bits per heavy atom. The van der Waals surface area contributed by atoms with Gasteiger partial charge in [0.25, 0.3) is 0 Å². The summed E-state index contributed by atoms with van der Waals surface area (Å²) in [5.41, 5.74) is 0.355. The number of nitrogens with zero attached hydrogens (tertiary/aromatic N) is 1. The van der Waals surface area contributed by atoms with Gasteiger partial charge in [-0.1, -0.05) is 18.1 Å². The summed E-state index contributed by atoms with van der Waals surface area (Å²) in [6, 6.07) is 1.92. The van der Waals surface area contributed by atoms with Crippen LogP contribution < -0.4 is 0 Å². The molecule has 1 saturated heterocycles. The second-order valence-corrected chi connectivity index (χ2v) is 3.14. The lowest BCUT2D eigenvalue weighted by Crippen LogP contribution is -2.01. The van der Waals surface area contributed by atoms with Gasteiger partial charge in [0.2, 0.25) is 0 Å². The van der Waals surface area contributed by atoms with Gasteiger partial charge in [0, 0.05) is 6.61 Å². The van der Waals surface area contributed by atoms with E-state index in [2.05, 4.69) is 5.92 Å². The lowest BCUT2D eigenvalue weighted by Gasteiger charge is -2.03. The minimum Gasteiger partial charge on any atom is -0.378 e. The number of nitriles is 1. The highest BCUT2D eigenvalue weighted by Gasteiger charge is 2.12. The van der Waals surface area contributed by atoms with E-state index >= 15 is 0 Å². The number of ether oxygens (including phenoxy) is 1. The Labute approximate surface area is 84.9 Å². The fourth-order valence-corrected chi connectivity index (χ4v) is 1.34. The Kier molecular flexibility index (Phi) is 4.55. The lowest BCUT2D eigenvalue weighted by atomic mass is 10.1. The van der Waals surface area contributed by atoms with E-state index in [1.165, 1.54) is 0 Å². The molecular formula is C12H13NO. The molecule has 1 fully saturated rings. The Bertz CT molecular complexity index is 292. The van der Waals surface area contributed by atoms with Crippen molar-refractivity contribution in [2.75, 3.05) is 6.61 Å². The van der Waals surface area contributed by atoms with Crippen molar-refractivity contribution in [2.45, 2.75) is 25.4 Å². The van der Waals surface area contributed by atoms with Crippen LogP contribution in [0, 0.1) is 23.7 Å². The van der Waals surface area contributed by atoms with Gasteiger partial charge in [-0.3, -0.25) is 0 Å². The Morgan fingerprint density at radius 2 is 2.50 bits per heavy atom. The van der Waals surface area contributed by atoms with Crippen LogP contribution in [0.5, 0.6) is 0 Å². The van der Waals surface area contributed by atoms with E-state index in [0.717, 1.165) is 25.9 Å². The largest absolute Gasteiger partial charge is 0.378 e. The number of rotatable bonds is 3. The van der Waals surface area contributed by atoms with Gasteiger partial charge < -0.3 is 4.74 Å². The molecule has 1 aliphatic heterocycles. The van der Waals surface area contributed by atoms with Crippen molar-refractivity contribution >= 4 is 0 Å². The molecule has 1 aliphatic rings. The van der Waals surface area contributed by atoms with E-state index < -0.39 is 0 Å². The van der Waals surface area contributed by atoms with Crippen molar-refractivity contribution in [3.63, 3.8) is 0 Å². The monoisotopic (exact) mass is 187 g/mol. The van der Waals surface area contributed by atoms with E-state index in [9.17, 15) is 0 Å². The van der Waals surface area contributed by atoms with Gasteiger partial charge in [0.15, 0.2) is 0 Å². The molecule has 0 N–H and O–H groups in total. The highest BCUT2D eigenvalue weighted by Crippen LogP contribution is 2.15. The van der Waals surface area contributed by atoms with E-state index in [-0.39, 0.29) is 0 Å². The molecule has 1 atom stereocenters. The number of allylic oxidation sites excluding steroid dienone is 3. The maximum Gasteiger partial charge on any atom is 0.108 e. The molecule has 0 spiro atoms. The highest BCUT2D eigenvalue weighted by molar-refractivity contribution is 5.40. The summed E-state index contributed by atoms with van der Waals surface area (Å²) in [6.07, 6.45) is 14.1. The van der Waals surface area contributed by atoms with Crippen molar-refractivity contribution < 1.29 is 4.74 Å². The lowest BCUT2D eigenvalue weighted by molar-refractivity contribution is 0.113. The molecule has 0 saturated carbocycles. The summed E-state index contributed by atoms with van der Waals surface area (Å²) >= 11 is 0. The predicted octanol–water partition coefficient (Wildman–Crippen LogP) is 2.19. The first-order valence-corrected chi connectivity index (χ1v) is 4.72. The number of terminal acetylenes is 1. The molecule has 14 heavy (non-hydrogen) atoms. The smallest absolute Gasteiger partial charge is 0.108 e.